The van der Waals surface area contributed by atoms with Gasteiger partial charge in [-0.1, -0.05) is 6.07 Å². The molecule has 0 spiro atoms. The van der Waals surface area contributed by atoms with Crippen LogP contribution in [0.4, 0.5) is 57.1 Å². The van der Waals surface area contributed by atoms with Crippen LogP contribution in [0.5, 0.6) is 0 Å². The molecule has 0 radical (unpaired) electrons. The van der Waals surface area contributed by atoms with Crippen molar-refractivity contribution in [1.82, 2.24) is 0 Å². The van der Waals surface area contributed by atoms with Crippen LogP contribution in [0.15, 0.2) is 30.3 Å². The van der Waals surface area contributed by atoms with Gasteiger partial charge in [0.15, 0.2) is 69.8 Å². The minimum atomic E-state index is -2.66. The fourth-order valence-electron chi connectivity index (χ4n) is 4.42. The van der Waals surface area contributed by atoms with Gasteiger partial charge >= 0.3 is 0 Å². The average molecular weight is 564 g/mol. The highest BCUT2D eigenvalue weighted by molar-refractivity contribution is 6.22. The molecule has 39 heavy (non-hydrogen) atoms. The Hall–Kier alpha value is -4.29. The summed E-state index contributed by atoms with van der Waals surface area (Å²) in [4.78, 5) is 0. The summed E-state index contributed by atoms with van der Waals surface area (Å²) >= 11 is 0. The lowest BCUT2D eigenvalue weighted by Gasteiger charge is -2.20. The zero-order valence-electron chi connectivity index (χ0n) is 18.3. The third kappa shape index (κ3) is 3.62. The number of halogens is 13. The first-order valence-electron chi connectivity index (χ1n) is 10.3. The van der Waals surface area contributed by atoms with Crippen molar-refractivity contribution >= 4 is 21.5 Å². The van der Waals surface area contributed by atoms with E-state index >= 15 is 8.78 Å². The Labute approximate surface area is 207 Å². The number of hydrogen-bond acceptors (Lipinski definition) is 0. The molecule has 0 fully saturated rings. The molecule has 13 heteroatoms. The molecule has 0 unspecified atom stereocenters. The Kier molecular flexibility index (Phi) is 6.00. The van der Waals surface area contributed by atoms with Gasteiger partial charge in [-0.25, -0.2) is 57.1 Å². The first-order chi connectivity index (χ1) is 18.3. The van der Waals surface area contributed by atoms with E-state index in [4.69, 9.17) is 0 Å². The van der Waals surface area contributed by atoms with Gasteiger partial charge in [-0.2, -0.15) is 0 Å². The van der Waals surface area contributed by atoms with Crippen LogP contribution in [-0.4, -0.2) is 0 Å². The smallest absolute Gasteiger partial charge is 0.198 e. The summed E-state index contributed by atoms with van der Waals surface area (Å²) in [6.07, 6.45) is 0. The van der Waals surface area contributed by atoms with Crippen LogP contribution in [0.1, 0.15) is 0 Å². The lowest BCUT2D eigenvalue weighted by atomic mass is 9.84. The molecule has 5 aromatic rings. The van der Waals surface area contributed by atoms with Crippen molar-refractivity contribution < 1.29 is 57.1 Å². The quantitative estimate of drug-likeness (QED) is 0.0869. The Morgan fingerprint density at radius 1 is 0.308 bits per heavy atom. The molecule has 0 N–H and O–H groups in total. The Balaban J connectivity index is 2.24. The molecule has 5 rings (SSSR count). The molecule has 0 atom stereocenters. The third-order valence-corrected chi connectivity index (χ3v) is 6.01. The fourth-order valence-corrected chi connectivity index (χ4v) is 4.42. The van der Waals surface area contributed by atoms with Gasteiger partial charge in [0.25, 0.3) is 0 Å². The summed E-state index contributed by atoms with van der Waals surface area (Å²) in [6.45, 7) is 0. The molecular weight excluding hydrogens is 559 g/mol. The normalized spacial score (nSPS) is 11.7. The second-order valence-corrected chi connectivity index (χ2v) is 8.13. The molecule has 0 bridgehead atoms. The molecule has 200 valence electrons. The van der Waals surface area contributed by atoms with Crippen molar-refractivity contribution in [3.63, 3.8) is 0 Å². The number of benzene rings is 5. The van der Waals surface area contributed by atoms with Crippen molar-refractivity contribution in [2.45, 2.75) is 0 Å². The highest BCUT2D eigenvalue weighted by Crippen LogP contribution is 2.49. The lowest BCUT2D eigenvalue weighted by molar-refractivity contribution is 0.418. The van der Waals surface area contributed by atoms with Crippen molar-refractivity contribution in [3.05, 3.63) is 106 Å². The molecule has 0 saturated carbocycles. The van der Waals surface area contributed by atoms with Crippen LogP contribution < -0.4 is 0 Å². The average Bonchev–Trinajstić information content (AvgIpc) is 2.89. The van der Waals surface area contributed by atoms with Gasteiger partial charge in [0.2, 0.25) is 0 Å². The van der Waals surface area contributed by atoms with Gasteiger partial charge in [0, 0.05) is 34.0 Å². The highest BCUT2D eigenvalue weighted by Gasteiger charge is 2.34. The van der Waals surface area contributed by atoms with Crippen molar-refractivity contribution in [1.29, 1.82) is 0 Å². The second kappa shape index (κ2) is 8.89. The van der Waals surface area contributed by atoms with Crippen LogP contribution in [0.25, 0.3) is 43.8 Å². The maximum absolute atomic E-state index is 15.3. The zero-order valence-corrected chi connectivity index (χ0v) is 18.3. The highest BCUT2D eigenvalue weighted by atomic mass is 19.2. The predicted octanol–water partition coefficient (Wildman–Crippen LogP) is 9.14. The van der Waals surface area contributed by atoms with Crippen molar-refractivity contribution in [2.24, 2.45) is 0 Å². The predicted molar refractivity (Wildman–Crippen MR) is 112 cm³/mol. The summed E-state index contributed by atoms with van der Waals surface area (Å²) in [5.74, 6) is -29.1. The molecular formula is C26H5F13. The van der Waals surface area contributed by atoms with Gasteiger partial charge in [-0.15, -0.1) is 0 Å². The largest absolute Gasteiger partial charge is 0.207 e. The number of hydrogen-bond donors (Lipinski definition) is 0. The Morgan fingerprint density at radius 3 is 1.05 bits per heavy atom. The molecule has 0 aliphatic carbocycles. The number of rotatable bonds is 2. The molecule has 0 nitrogen and oxygen atoms in total. The molecule has 0 saturated heterocycles. The van der Waals surface area contributed by atoms with E-state index in [0.29, 0.717) is 12.1 Å². The van der Waals surface area contributed by atoms with Crippen LogP contribution in [0, 0.1) is 75.6 Å². The zero-order chi connectivity index (χ0) is 28.7. The van der Waals surface area contributed by atoms with E-state index in [2.05, 4.69) is 0 Å². The Morgan fingerprint density at radius 2 is 0.667 bits per heavy atom. The standard InChI is InChI=1S/C26H5F13/c27-6-1-2-7-8(3-6)14(18-21(34)11(30)5-12(31)22(18)35)16-15(23(36)25(38)26(39)24(16)37)13(7)17-19(32)9(28)4-10(29)20(17)33/h1-5H. The van der Waals surface area contributed by atoms with Gasteiger partial charge in [0.1, 0.15) is 5.82 Å². The van der Waals surface area contributed by atoms with E-state index in [0.717, 1.165) is 0 Å². The van der Waals surface area contributed by atoms with E-state index in [1.807, 2.05) is 0 Å². The molecule has 5 aromatic carbocycles. The minimum absolute atomic E-state index is 0.263. The third-order valence-electron chi connectivity index (χ3n) is 6.01. The summed E-state index contributed by atoms with van der Waals surface area (Å²) in [7, 11) is 0. The summed E-state index contributed by atoms with van der Waals surface area (Å²) < 4.78 is 190. The molecule has 0 amide bonds. The van der Waals surface area contributed by atoms with Gasteiger partial charge in [0.05, 0.1) is 11.1 Å². The van der Waals surface area contributed by atoms with Crippen LogP contribution >= 0.6 is 0 Å². The monoisotopic (exact) mass is 564 g/mol. The maximum atomic E-state index is 15.3. The Bertz CT molecular complexity index is 1840. The van der Waals surface area contributed by atoms with E-state index in [1.165, 1.54) is 0 Å². The lowest BCUT2D eigenvalue weighted by Crippen LogP contribution is -2.07. The van der Waals surface area contributed by atoms with E-state index < -0.39 is 119 Å². The first-order valence-corrected chi connectivity index (χ1v) is 10.3. The minimum Gasteiger partial charge on any atom is -0.207 e. The van der Waals surface area contributed by atoms with Crippen LogP contribution in [0.3, 0.4) is 0 Å². The summed E-state index contributed by atoms with van der Waals surface area (Å²) in [5, 5.41) is -5.58. The second-order valence-electron chi connectivity index (χ2n) is 8.13. The van der Waals surface area contributed by atoms with Gasteiger partial charge in [-0.05, 0) is 22.9 Å². The fraction of sp³-hybridized carbons (Fsp3) is 0. The van der Waals surface area contributed by atoms with Gasteiger partial charge < -0.3 is 0 Å². The van der Waals surface area contributed by atoms with E-state index in [1.54, 1.807) is 0 Å². The topological polar surface area (TPSA) is 0 Å². The van der Waals surface area contributed by atoms with Crippen molar-refractivity contribution in [2.75, 3.05) is 0 Å². The van der Waals surface area contributed by atoms with E-state index in [-0.39, 0.29) is 18.2 Å². The molecule has 0 aliphatic heterocycles. The van der Waals surface area contributed by atoms with E-state index in [9.17, 15) is 48.3 Å². The maximum Gasteiger partial charge on any atom is 0.198 e. The summed E-state index contributed by atoms with van der Waals surface area (Å²) in [5.41, 5.74) is -6.64. The first kappa shape index (κ1) is 26.3. The molecule has 0 heterocycles. The molecule has 0 aromatic heterocycles. The number of fused-ring (bicyclic) bond motifs is 2. The molecule has 0 aliphatic rings. The van der Waals surface area contributed by atoms with Crippen LogP contribution in [0.2, 0.25) is 0 Å². The summed E-state index contributed by atoms with van der Waals surface area (Å²) in [6, 6.07) is 0.697. The SMILES string of the molecule is Fc1ccc2c(-c3c(F)c(F)cc(F)c3F)c3c(F)c(F)c(F)c(F)c3c(-c3c(F)c(F)cc(F)c3F)c2c1. The van der Waals surface area contributed by atoms with Crippen LogP contribution in [-0.2, 0) is 0 Å². The van der Waals surface area contributed by atoms with Crippen molar-refractivity contribution in [3.8, 4) is 22.3 Å². The van der Waals surface area contributed by atoms with Gasteiger partial charge in [-0.3, -0.25) is 0 Å².